The second-order valence-corrected chi connectivity index (χ2v) is 4.10. The van der Waals surface area contributed by atoms with Crippen LogP contribution in [0.15, 0.2) is 53.0 Å². The summed E-state index contributed by atoms with van der Waals surface area (Å²) in [4.78, 5) is 37.9. The molecule has 1 heterocycles. The van der Waals surface area contributed by atoms with Crippen molar-refractivity contribution in [3.63, 3.8) is 0 Å². The fourth-order valence-corrected chi connectivity index (χ4v) is 1.40. The van der Waals surface area contributed by atoms with E-state index in [0.29, 0.717) is 0 Å². The number of rotatable bonds is 4. The van der Waals surface area contributed by atoms with Crippen molar-refractivity contribution in [2.45, 2.75) is 6.92 Å². The highest BCUT2D eigenvalue weighted by molar-refractivity contribution is 6.68. The van der Waals surface area contributed by atoms with Crippen LogP contribution in [0.1, 0.15) is 11.7 Å². The van der Waals surface area contributed by atoms with Gasteiger partial charge in [-0.25, -0.2) is 9.36 Å². The molecule has 0 saturated heterocycles. The van der Waals surface area contributed by atoms with Gasteiger partial charge in [-0.15, -0.1) is 0 Å². The lowest BCUT2D eigenvalue weighted by atomic mass is 10.2. The second-order valence-electron chi connectivity index (χ2n) is 3.76. The van der Waals surface area contributed by atoms with E-state index in [-0.39, 0.29) is 17.0 Å². The number of nitrogens with zero attached hydrogens (tertiary/aromatic N) is 2. The van der Waals surface area contributed by atoms with Crippen LogP contribution < -0.4 is 11.4 Å². The van der Waals surface area contributed by atoms with E-state index >= 15 is 0 Å². The minimum Gasteiger partial charge on any atom is -0.383 e. The Bertz CT molecular complexity index is 686. The molecule has 20 heavy (non-hydrogen) atoms. The molecular weight excluding hydrogens is 282 g/mol. The number of allylic oxidation sites excluding steroid dienone is 5. The molecule has 2 N–H and O–H groups in total. The van der Waals surface area contributed by atoms with Gasteiger partial charge in [-0.05, 0) is 30.7 Å². The van der Waals surface area contributed by atoms with Gasteiger partial charge in [-0.1, -0.05) is 18.7 Å². The number of aromatic nitrogens is 2. The predicted octanol–water partition coefficient (Wildman–Crippen LogP) is 1.29. The summed E-state index contributed by atoms with van der Waals surface area (Å²) in [6.07, 6.45) is 5.20. The van der Waals surface area contributed by atoms with Crippen molar-refractivity contribution < 1.29 is 9.59 Å². The molecule has 6 nitrogen and oxygen atoms in total. The Morgan fingerprint density at radius 3 is 2.60 bits per heavy atom. The molecule has 0 unspecified atom stereocenters. The van der Waals surface area contributed by atoms with E-state index in [9.17, 15) is 14.4 Å². The average molecular weight is 294 g/mol. The maximum atomic E-state index is 12.0. The lowest BCUT2D eigenvalue weighted by Gasteiger charge is -2.03. The molecule has 104 valence electrons. The lowest BCUT2D eigenvalue weighted by Crippen LogP contribution is -2.29. The standard InChI is InChI=1S/C13H12ClN3O3/c1-3-9(11(14)18)5-4-8(2)12(19)17-7-6-10(15)16-13(17)20/h3-7H,1H2,2H3,(H2,15,16,20)/b8-4+,9-5+. The van der Waals surface area contributed by atoms with Gasteiger partial charge in [-0.3, -0.25) is 9.59 Å². The van der Waals surface area contributed by atoms with Crippen LogP contribution in [0.5, 0.6) is 0 Å². The number of hydrogen-bond donors (Lipinski definition) is 1. The van der Waals surface area contributed by atoms with Crippen molar-refractivity contribution >= 4 is 28.6 Å². The summed E-state index contributed by atoms with van der Waals surface area (Å²) in [5.41, 5.74) is 4.92. The van der Waals surface area contributed by atoms with E-state index in [2.05, 4.69) is 11.6 Å². The van der Waals surface area contributed by atoms with Crippen LogP contribution in [0.25, 0.3) is 0 Å². The molecule has 1 aromatic heterocycles. The molecule has 0 bridgehead atoms. The van der Waals surface area contributed by atoms with Gasteiger partial charge in [0.2, 0.25) is 0 Å². The Morgan fingerprint density at radius 2 is 2.10 bits per heavy atom. The van der Waals surface area contributed by atoms with Gasteiger partial charge in [0.15, 0.2) is 0 Å². The smallest absolute Gasteiger partial charge is 0.356 e. The second kappa shape index (κ2) is 6.63. The Hall–Kier alpha value is -2.47. The molecule has 0 fully saturated rings. The molecule has 0 aliphatic rings. The summed E-state index contributed by atoms with van der Waals surface area (Å²) in [5.74, 6) is -0.550. The molecule has 0 atom stereocenters. The monoisotopic (exact) mass is 293 g/mol. The molecule has 0 saturated carbocycles. The largest absolute Gasteiger partial charge is 0.383 e. The number of hydrogen-bond acceptors (Lipinski definition) is 5. The third-order valence-corrected chi connectivity index (χ3v) is 2.56. The Kier molecular flexibility index (Phi) is 5.16. The van der Waals surface area contributed by atoms with Gasteiger partial charge in [-0.2, -0.15) is 4.98 Å². The van der Waals surface area contributed by atoms with Crippen LogP contribution in [0.3, 0.4) is 0 Å². The number of nitrogens with two attached hydrogens (primary N) is 1. The van der Waals surface area contributed by atoms with Gasteiger partial charge < -0.3 is 5.73 Å². The highest BCUT2D eigenvalue weighted by Gasteiger charge is 2.10. The van der Waals surface area contributed by atoms with E-state index in [4.69, 9.17) is 17.3 Å². The number of anilines is 1. The van der Waals surface area contributed by atoms with Crippen LogP contribution in [-0.4, -0.2) is 20.7 Å². The van der Waals surface area contributed by atoms with Gasteiger partial charge in [0.25, 0.3) is 11.1 Å². The minimum atomic E-state index is -0.774. The van der Waals surface area contributed by atoms with Crippen molar-refractivity contribution in [1.82, 2.24) is 9.55 Å². The molecule has 0 aliphatic carbocycles. The molecular formula is C13H12ClN3O3. The summed E-state index contributed by atoms with van der Waals surface area (Å²) in [6, 6.07) is 1.33. The van der Waals surface area contributed by atoms with Crippen LogP contribution in [0, 0.1) is 0 Å². The molecule has 0 amide bonds. The first-order valence-electron chi connectivity index (χ1n) is 5.47. The highest BCUT2D eigenvalue weighted by Crippen LogP contribution is 2.05. The lowest BCUT2D eigenvalue weighted by molar-refractivity contribution is -0.108. The molecule has 1 aromatic rings. The van der Waals surface area contributed by atoms with Crippen molar-refractivity contribution in [2.24, 2.45) is 0 Å². The SMILES string of the molecule is C=C/C(=C\C=C(/C)C(=O)n1ccc(N)nc1=O)C(=O)Cl. The third-order valence-electron chi connectivity index (χ3n) is 2.34. The summed E-state index contributed by atoms with van der Waals surface area (Å²) in [6.45, 7) is 4.91. The van der Waals surface area contributed by atoms with E-state index < -0.39 is 16.8 Å². The average Bonchev–Trinajstić information content (AvgIpc) is 2.38. The van der Waals surface area contributed by atoms with Crippen LogP contribution in [0.2, 0.25) is 0 Å². The van der Waals surface area contributed by atoms with E-state index in [1.165, 1.54) is 37.4 Å². The van der Waals surface area contributed by atoms with Crippen molar-refractivity contribution in [1.29, 1.82) is 0 Å². The Labute approximate surface area is 119 Å². The number of carbonyl (C=O) groups excluding carboxylic acids is 2. The van der Waals surface area contributed by atoms with Gasteiger partial charge in [0.05, 0.1) is 0 Å². The predicted molar refractivity (Wildman–Crippen MR) is 76.4 cm³/mol. The quantitative estimate of drug-likeness (QED) is 0.513. The number of carbonyl (C=O) groups is 2. The summed E-state index contributed by atoms with van der Waals surface area (Å²) in [7, 11) is 0. The normalized spacial score (nSPS) is 12.1. The van der Waals surface area contributed by atoms with Crippen LogP contribution in [-0.2, 0) is 4.79 Å². The minimum absolute atomic E-state index is 0.0299. The van der Waals surface area contributed by atoms with Gasteiger partial charge >= 0.3 is 5.69 Å². The maximum absolute atomic E-state index is 12.0. The Balaban J connectivity index is 3.11. The zero-order valence-electron chi connectivity index (χ0n) is 10.7. The molecule has 0 spiro atoms. The zero-order chi connectivity index (χ0) is 15.3. The van der Waals surface area contributed by atoms with Crippen molar-refractivity contribution in [3.8, 4) is 0 Å². The van der Waals surface area contributed by atoms with E-state index in [1.807, 2.05) is 0 Å². The maximum Gasteiger partial charge on any atom is 0.356 e. The molecule has 0 aliphatic heterocycles. The number of nitrogen functional groups attached to an aromatic ring is 1. The first kappa shape index (κ1) is 15.6. The fourth-order valence-electron chi connectivity index (χ4n) is 1.26. The summed E-state index contributed by atoms with van der Waals surface area (Å²) in [5, 5.41) is -0.692. The van der Waals surface area contributed by atoms with E-state index in [0.717, 1.165) is 4.57 Å². The molecule has 0 radical (unpaired) electrons. The van der Waals surface area contributed by atoms with Crippen molar-refractivity contribution in [2.75, 3.05) is 5.73 Å². The summed E-state index contributed by atoms with van der Waals surface area (Å²) >= 11 is 5.29. The van der Waals surface area contributed by atoms with E-state index in [1.54, 1.807) is 0 Å². The third kappa shape index (κ3) is 3.76. The topological polar surface area (TPSA) is 95.0 Å². The van der Waals surface area contributed by atoms with Gasteiger partial charge in [0, 0.05) is 17.3 Å². The molecule has 7 heteroatoms. The molecule has 1 rings (SSSR count). The van der Waals surface area contributed by atoms with Crippen LogP contribution >= 0.6 is 11.6 Å². The first-order chi connectivity index (χ1) is 9.36. The fraction of sp³-hybridized carbons (Fsp3) is 0.0769. The Morgan fingerprint density at radius 1 is 1.45 bits per heavy atom. The van der Waals surface area contributed by atoms with Crippen molar-refractivity contribution in [3.05, 3.63) is 58.7 Å². The zero-order valence-corrected chi connectivity index (χ0v) is 11.4. The number of halogens is 1. The van der Waals surface area contributed by atoms with Gasteiger partial charge in [0.1, 0.15) is 5.82 Å². The van der Waals surface area contributed by atoms with Crippen LogP contribution in [0.4, 0.5) is 5.82 Å². The highest BCUT2D eigenvalue weighted by atomic mass is 35.5. The first-order valence-corrected chi connectivity index (χ1v) is 5.85. The summed E-state index contributed by atoms with van der Waals surface area (Å²) < 4.78 is 0.812. The molecule has 0 aromatic carbocycles.